The second-order valence-electron chi connectivity index (χ2n) is 3.20. The van der Waals surface area contributed by atoms with Gasteiger partial charge in [-0.3, -0.25) is 0 Å². The van der Waals surface area contributed by atoms with Gasteiger partial charge in [0.15, 0.2) is 0 Å². The lowest BCUT2D eigenvalue weighted by Gasteiger charge is -2.02. The SMILES string of the molecule is C=Cc1ccnc(CC(C)C)n1. The molecule has 0 saturated carbocycles. The Labute approximate surface area is 73.4 Å². The van der Waals surface area contributed by atoms with Crippen LogP contribution in [0.3, 0.4) is 0 Å². The molecule has 0 aliphatic carbocycles. The minimum absolute atomic E-state index is 0.602. The Morgan fingerprint density at radius 2 is 2.33 bits per heavy atom. The Bertz CT molecular complexity index is 266. The normalized spacial score (nSPS) is 10.2. The van der Waals surface area contributed by atoms with Crippen LogP contribution >= 0.6 is 0 Å². The van der Waals surface area contributed by atoms with E-state index in [-0.39, 0.29) is 0 Å². The van der Waals surface area contributed by atoms with Crippen LogP contribution in [0.15, 0.2) is 18.8 Å². The molecule has 1 heterocycles. The van der Waals surface area contributed by atoms with Crippen molar-refractivity contribution in [2.24, 2.45) is 5.92 Å². The highest BCUT2D eigenvalue weighted by Crippen LogP contribution is 2.03. The molecule has 1 aromatic rings. The summed E-state index contributed by atoms with van der Waals surface area (Å²) in [5, 5.41) is 0. The van der Waals surface area contributed by atoms with Gasteiger partial charge in [-0.1, -0.05) is 20.4 Å². The predicted molar refractivity (Wildman–Crippen MR) is 50.7 cm³/mol. The largest absolute Gasteiger partial charge is 0.241 e. The number of nitrogens with zero attached hydrogens (tertiary/aromatic N) is 2. The Balaban J connectivity index is 2.79. The van der Waals surface area contributed by atoms with Crippen LogP contribution in [-0.2, 0) is 6.42 Å². The maximum Gasteiger partial charge on any atom is 0.129 e. The maximum absolute atomic E-state index is 4.30. The fourth-order valence-corrected chi connectivity index (χ4v) is 0.992. The van der Waals surface area contributed by atoms with Crippen LogP contribution in [0.5, 0.6) is 0 Å². The van der Waals surface area contributed by atoms with Crippen LogP contribution in [0.4, 0.5) is 0 Å². The highest BCUT2D eigenvalue weighted by atomic mass is 14.9. The lowest BCUT2D eigenvalue weighted by molar-refractivity contribution is 0.620. The molecule has 2 nitrogen and oxygen atoms in total. The van der Waals surface area contributed by atoms with E-state index in [1.165, 1.54) is 0 Å². The number of aromatic nitrogens is 2. The van der Waals surface area contributed by atoms with Crippen molar-refractivity contribution in [2.45, 2.75) is 20.3 Å². The van der Waals surface area contributed by atoms with Gasteiger partial charge in [0.2, 0.25) is 0 Å². The summed E-state index contributed by atoms with van der Waals surface area (Å²) in [6.07, 6.45) is 4.45. The van der Waals surface area contributed by atoms with Crippen molar-refractivity contribution in [1.82, 2.24) is 9.97 Å². The zero-order chi connectivity index (χ0) is 8.97. The molecule has 0 amide bonds. The molecule has 1 aromatic heterocycles. The van der Waals surface area contributed by atoms with Gasteiger partial charge in [-0.25, -0.2) is 9.97 Å². The third-order valence-corrected chi connectivity index (χ3v) is 1.53. The molecule has 0 aromatic carbocycles. The van der Waals surface area contributed by atoms with E-state index in [0.717, 1.165) is 17.9 Å². The molecule has 12 heavy (non-hydrogen) atoms. The van der Waals surface area contributed by atoms with Gasteiger partial charge in [0.1, 0.15) is 5.82 Å². The summed E-state index contributed by atoms with van der Waals surface area (Å²) >= 11 is 0. The topological polar surface area (TPSA) is 25.8 Å². The zero-order valence-corrected chi connectivity index (χ0v) is 7.62. The van der Waals surface area contributed by atoms with E-state index < -0.39 is 0 Å². The molecule has 0 radical (unpaired) electrons. The average molecular weight is 162 g/mol. The number of hydrogen-bond donors (Lipinski definition) is 0. The highest BCUT2D eigenvalue weighted by Gasteiger charge is 1.99. The molecule has 0 aliphatic heterocycles. The van der Waals surface area contributed by atoms with Crippen molar-refractivity contribution in [2.75, 3.05) is 0 Å². The summed E-state index contributed by atoms with van der Waals surface area (Å²) in [6.45, 7) is 7.97. The minimum Gasteiger partial charge on any atom is -0.241 e. The molecule has 0 unspecified atom stereocenters. The first kappa shape index (κ1) is 8.91. The molecular weight excluding hydrogens is 148 g/mol. The molecule has 0 saturated heterocycles. The fourth-order valence-electron chi connectivity index (χ4n) is 0.992. The fraction of sp³-hybridized carbons (Fsp3) is 0.400. The van der Waals surface area contributed by atoms with E-state index in [9.17, 15) is 0 Å². The average Bonchev–Trinajstić information content (AvgIpc) is 2.03. The van der Waals surface area contributed by atoms with Crippen molar-refractivity contribution in [3.05, 3.63) is 30.4 Å². The lowest BCUT2D eigenvalue weighted by atomic mass is 10.1. The third kappa shape index (κ3) is 2.46. The molecule has 0 aliphatic rings. The van der Waals surface area contributed by atoms with Crippen molar-refractivity contribution >= 4 is 6.08 Å². The summed E-state index contributed by atoms with van der Waals surface area (Å²) in [7, 11) is 0. The predicted octanol–water partition coefficient (Wildman–Crippen LogP) is 2.32. The van der Waals surface area contributed by atoms with Crippen molar-refractivity contribution in [1.29, 1.82) is 0 Å². The van der Waals surface area contributed by atoms with Crippen LogP contribution in [-0.4, -0.2) is 9.97 Å². The van der Waals surface area contributed by atoms with Crippen molar-refractivity contribution in [3.63, 3.8) is 0 Å². The van der Waals surface area contributed by atoms with E-state index in [2.05, 4.69) is 30.4 Å². The third-order valence-electron chi connectivity index (χ3n) is 1.53. The van der Waals surface area contributed by atoms with E-state index in [1.807, 2.05) is 6.07 Å². The number of hydrogen-bond acceptors (Lipinski definition) is 2. The smallest absolute Gasteiger partial charge is 0.129 e. The first-order chi connectivity index (χ1) is 5.72. The van der Waals surface area contributed by atoms with E-state index in [0.29, 0.717) is 5.92 Å². The Hall–Kier alpha value is -1.18. The molecule has 0 atom stereocenters. The number of rotatable bonds is 3. The van der Waals surface area contributed by atoms with Crippen LogP contribution in [0.2, 0.25) is 0 Å². The monoisotopic (exact) mass is 162 g/mol. The second kappa shape index (κ2) is 4.00. The van der Waals surface area contributed by atoms with Crippen molar-refractivity contribution < 1.29 is 0 Å². The van der Waals surface area contributed by atoms with Gasteiger partial charge in [-0.2, -0.15) is 0 Å². The van der Waals surface area contributed by atoms with Crippen LogP contribution < -0.4 is 0 Å². The first-order valence-electron chi connectivity index (χ1n) is 4.16. The molecule has 2 heteroatoms. The van der Waals surface area contributed by atoms with Gasteiger partial charge in [0.25, 0.3) is 0 Å². The van der Waals surface area contributed by atoms with Crippen LogP contribution in [0.1, 0.15) is 25.4 Å². The Morgan fingerprint density at radius 3 is 2.92 bits per heavy atom. The molecule has 0 bridgehead atoms. The van der Waals surface area contributed by atoms with Crippen LogP contribution in [0, 0.1) is 5.92 Å². The van der Waals surface area contributed by atoms with E-state index >= 15 is 0 Å². The molecular formula is C10H14N2. The molecule has 0 spiro atoms. The van der Waals surface area contributed by atoms with Crippen molar-refractivity contribution in [3.8, 4) is 0 Å². The van der Waals surface area contributed by atoms with Gasteiger partial charge >= 0.3 is 0 Å². The summed E-state index contributed by atoms with van der Waals surface area (Å²) in [5.41, 5.74) is 0.903. The Kier molecular flexibility index (Phi) is 2.97. The van der Waals surface area contributed by atoms with Gasteiger partial charge < -0.3 is 0 Å². The van der Waals surface area contributed by atoms with Gasteiger partial charge in [-0.05, 0) is 18.1 Å². The summed E-state index contributed by atoms with van der Waals surface area (Å²) in [4.78, 5) is 8.47. The second-order valence-corrected chi connectivity index (χ2v) is 3.20. The van der Waals surface area contributed by atoms with Gasteiger partial charge in [0.05, 0.1) is 5.69 Å². The van der Waals surface area contributed by atoms with Gasteiger partial charge in [-0.15, -0.1) is 0 Å². The first-order valence-corrected chi connectivity index (χ1v) is 4.16. The quantitative estimate of drug-likeness (QED) is 0.681. The summed E-state index contributed by atoms with van der Waals surface area (Å²) in [6, 6.07) is 1.86. The van der Waals surface area contributed by atoms with Crippen LogP contribution in [0.25, 0.3) is 6.08 Å². The molecule has 1 rings (SSSR count). The molecule has 0 fully saturated rings. The van der Waals surface area contributed by atoms with Gasteiger partial charge in [0, 0.05) is 12.6 Å². The molecule has 64 valence electrons. The summed E-state index contributed by atoms with van der Waals surface area (Å²) < 4.78 is 0. The lowest BCUT2D eigenvalue weighted by Crippen LogP contribution is -2.00. The standard InChI is InChI=1S/C10H14N2/c1-4-9-5-6-11-10(12-9)7-8(2)3/h4-6,8H,1,7H2,2-3H3. The van der Waals surface area contributed by atoms with E-state index in [4.69, 9.17) is 0 Å². The highest BCUT2D eigenvalue weighted by molar-refractivity contribution is 5.40. The summed E-state index contributed by atoms with van der Waals surface area (Å²) in [5.74, 6) is 1.51. The zero-order valence-electron chi connectivity index (χ0n) is 7.62. The maximum atomic E-state index is 4.30. The molecule has 0 N–H and O–H groups in total. The van der Waals surface area contributed by atoms with E-state index in [1.54, 1.807) is 12.3 Å². The Morgan fingerprint density at radius 1 is 1.58 bits per heavy atom. The minimum atomic E-state index is 0.602.